The van der Waals surface area contributed by atoms with E-state index in [4.69, 9.17) is 0 Å². The Balaban J connectivity index is 1.90. The van der Waals surface area contributed by atoms with Crippen molar-refractivity contribution in [2.45, 2.75) is 39.7 Å². The van der Waals surface area contributed by atoms with Crippen LogP contribution in [-0.4, -0.2) is 9.78 Å². The number of halogens is 1. The number of aryl methyl sites for hydroxylation is 3. The average molecular weight is 305 g/mol. The maximum absolute atomic E-state index is 4.57. The minimum Gasteiger partial charge on any atom is -0.264 e. The van der Waals surface area contributed by atoms with Crippen LogP contribution in [0.15, 0.2) is 22.7 Å². The Kier molecular flexibility index (Phi) is 3.02. The molecule has 0 saturated carbocycles. The molecule has 0 spiro atoms. The van der Waals surface area contributed by atoms with E-state index < -0.39 is 0 Å². The molecule has 0 aliphatic heterocycles. The first-order valence-corrected chi connectivity index (χ1v) is 7.24. The van der Waals surface area contributed by atoms with Crippen LogP contribution in [0, 0.1) is 13.8 Å². The first-order chi connectivity index (χ1) is 8.65. The van der Waals surface area contributed by atoms with Crippen LogP contribution >= 0.6 is 15.9 Å². The van der Waals surface area contributed by atoms with Gasteiger partial charge in [-0.05, 0) is 65.7 Å². The van der Waals surface area contributed by atoms with E-state index in [0.717, 1.165) is 16.7 Å². The number of fused-ring (bicyclic) bond motifs is 1. The number of hydrogen-bond donors (Lipinski definition) is 0. The third kappa shape index (κ3) is 2.01. The van der Waals surface area contributed by atoms with Gasteiger partial charge in [0.15, 0.2) is 0 Å². The number of rotatable bonds is 2. The van der Waals surface area contributed by atoms with Crippen LogP contribution in [0.5, 0.6) is 0 Å². The van der Waals surface area contributed by atoms with E-state index in [9.17, 15) is 0 Å². The Hall–Kier alpha value is -1.09. The molecule has 0 fully saturated rings. The Morgan fingerprint density at radius 2 is 2.00 bits per heavy atom. The molecule has 0 amide bonds. The summed E-state index contributed by atoms with van der Waals surface area (Å²) < 4.78 is 3.21. The SMILES string of the molecule is Cc1nn(Cc2ccc3c(c2)CCC3)c(C)c1Br. The molecule has 2 nitrogen and oxygen atoms in total. The van der Waals surface area contributed by atoms with Gasteiger partial charge in [0.1, 0.15) is 0 Å². The quantitative estimate of drug-likeness (QED) is 0.825. The number of nitrogens with zero attached hydrogens (tertiary/aromatic N) is 2. The standard InChI is InChI=1S/C15H17BrN2/c1-10-15(16)11(2)18(17-10)9-12-6-7-13-4-3-5-14(13)8-12/h6-8H,3-5,9H2,1-2H3. The predicted octanol–water partition coefficient (Wildman–Crippen LogP) is 3.80. The van der Waals surface area contributed by atoms with Gasteiger partial charge in [0.05, 0.1) is 22.4 Å². The lowest BCUT2D eigenvalue weighted by Gasteiger charge is -2.07. The first-order valence-electron chi connectivity index (χ1n) is 6.45. The summed E-state index contributed by atoms with van der Waals surface area (Å²) in [5.41, 5.74) is 6.69. The molecule has 1 aromatic heterocycles. The zero-order valence-corrected chi connectivity index (χ0v) is 12.4. The smallest absolute Gasteiger partial charge is 0.0738 e. The van der Waals surface area contributed by atoms with Crippen LogP contribution in [-0.2, 0) is 19.4 Å². The van der Waals surface area contributed by atoms with Crippen molar-refractivity contribution < 1.29 is 0 Å². The molecule has 1 aliphatic rings. The predicted molar refractivity (Wildman–Crippen MR) is 77.0 cm³/mol. The molecule has 94 valence electrons. The number of aromatic nitrogens is 2. The Labute approximate surface area is 116 Å². The zero-order valence-electron chi connectivity index (χ0n) is 10.8. The first kappa shape index (κ1) is 12.0. The monoisotopic (exact) mass is 304 g/mol. The fourth-order valence-corrected chi connectivity index (χ4v) is 3.01. The Morgan fingerprint density at radius 3 is 2.72 bits per heavy atom. The summed E-state index contributed by atoms with van der Waals surface area (Å²) in [6.45, 7) is 5.01. The maximum Gasteiger partial charge on any atom is 0.0738 e. The van der Waals surface area contributed by atoms with Gasteiger partial charge in [-0.25, -0.2) is 0 Å². The molecule has 0 N–H and O–H groups in total. The molecule has 1 aliphatic carbocycles. The lowest BCUT2D eigenvalue weighted by atomic mass is 10.1. The molecule has 18 heavy (non-hydrogen) atoms. The van der Waals surface area contributed by atoms with Crippen molar-refractivity contribution in [1.82, 2.24) is 9.78 Å². The lowest BCUT2D eigenvalue weighted by molar-refractivity contribution is 0.658. The molecular weight excluding hydrogens is 288 g/mol. The van der Waals surface area contributed by atoms with E-state index in [1.165, 1.54) is 41.6 Å². The van der Waals surface area contributed by atoms with Gasteiger partial charge in [-0.15, -0.1) is 0 Å². The molecule has 3 rings (SSSR count). The fourth-order valence-electron chi connectivity index (χ4n) is 2.73. The van der Waals surface area contributed by atoms with E-state index in [-0.39, 0.29) is 0 Å². The number of hydrogen-bond acceptors (Lipinski definition) is 1. The summed E-state index contributed by atoms with van der Waals surface area (Å²) in [4.78, 5) is 0. The summed E-state index contributed by atoms with van der Waals surface area (Å²) in [7, 11) is 0. The van der Waals surface area contributed by atoms with Crippen molar-refractivity contribution in [3.05, 3.63) is 50.8 Å². The third-order valence-electron chi connectivity index (χ3n) is 3.79. The van der Waals surface area contributed by atoms with Gasteiger partial charge >= 0.3 is 0 Å². The van der Waals surface area contributed by atoms with E-state index in [2.05, 4.69) is 50.8 Å². The minimum absolute atomic E-state index is 0.867. The van der Waals surface area contributed by atoms with Gasteiger partial charge in [0.25, 0.3) is 0 Å². The minimum atomic E-state index is 0.867. The summed E-state index contributed by atoms with van der Waals surface area (Å²) in [5, 5.41) is 4.57. The van der Waals surface area contributed by atoms with Gasteiger partial charge in [-0.3, -0.25) is 4.68 Å². The summed E-state index contributed by atoms with van der Waals surface area (Å²) >= 11 is 3.58. The van der Waals surface area contributed by atoms with Crippen LogP contribution < -0.4 is 0 Å². The second kappa shape index (κ2) is 4.54. The van der Waals surface area contributed by atoms with E-state index in [1.54, 1.807) is 0 Å². The highest BCUT2D eigenvalue weighted by molar-refractivity contribution is 9.10. The Morgan fingerprint density at radius 1 is 1.22 bits per heavy atom. The second-order valence-electron chi connectivity index (χ2n) is 5.10. The van der Waals surface area contributed by atoms with Gasteiger partial charge in [-0.1, -0.05) is 18.2 Å². The van der Waals surface area contributed by atoms with Gasteiger partial charge in [-0.2, -0.15) is 5.10 Å². The van der Waals surface area contributed by atoms with Crippen molar-refractivity contribution in [3.8, 4) is 0 Å². The highest BCUT2D eigenvalue weighted by Gasteiger charge is 2.12. The highest BCUT2D eigenvalue weighted by atomic mass is 79.9. The average Bonchev–Trinajstić information content (AvgIpc) is 2.91. The van der Waals surface area contributed by atoms with E-state index >= 15 is 0 Å². The topological polar surface area (TPSA) is 17.8 Å². The summed E-state index contributed by atoms with van der Waals surface area (Å²) in [5.74, 6) is 0. The van der Waals surface area contributed by atoms with Gasteiger partial charge < -0.3 is 0 Å². The molecule has 0 bridgehead atoms. The molecule has 2 aromatic rings. The maximum atomic E-state index is 4.57. The van der Waals surface area contributed by atoms with E-state index in [0.29, 0.717) is 0 Å². The van der Waals surface area contributed by atoms with Crippen LogP contribution in [0.3, 0.4) is 0 Å². The highest BCUT2D eigenvalue weighted by Crippen LogP contribution is 2.24. The second-order valence-corrected chi connectivity index (χ2v) is 5.89. The number of benzene rings is 1. The van der Waals surface area contributed by atoms with Crippen molar-refractivity contribution in [1.29, 1.82) is 0 Å². The van der Waals surface area contributed by atoms with Gasteiger partial charge in [0, 0.05) is 0 Å². The van der Waals surface area contributed by atoms with Gasteiger partial charge in [0.2, 0.25) is 0 Å². The van der Waals surface area contributed by atoms with Crippen molar-refractivity contribution >= 4 is 15.9 Å². The van der Waals surface area contributed by atoms with Crippen LogP contribution in [0.4, 0.5) is 0 Å². The molecular formula is C15H17BrN2. The van der Waals surface area contributed by atoms with Crippen molar-refractivity contribution in [2.75, 3.05) is 0 Å². The summed E-state index contributed by atoms with van der Waals surface area (Å²) in [6.07, 6.45) is 3.80. The molecule has 3 heteroatoms. The largest absolute Gasteiger partial charge is 0.264 e. The normalized spacial score (nSPS) is 13.9. The van der Waals surface area contributed by atoms with E-state index in [1.807, 2.05) is 6.92 Å². The Bertz CT molecular complexity index is 599. The molecule has 0 unspecified atom stereocenters. The molecule has 0 saturated heterocycles. The van der Waals surface area contributed by atoms with Crippen molar-refractivity contribution in [2.24, 2.45) is 0 Å². The molecule has 1 aromatic carbocycles. The van der Waals surface area contributed by atoms with Crippen LogP contribution in [0.25, 0.3) is 0 Å². The lowest BCUT2D eigenvalue weighted by Crippen LogP contribution is -2.04. The third-order valence-corrected chi connectivity index (χ3v) is 4.94. The summed E-state index contributed by atoms with van der Waals surface area (Å²) in [6, 6.07) is 6.89. The van der Waals surface area contributed by atoms with Crippen LogP contribution in [0.1, 0.15) is 34.5 Å². The zero-order chi connectivity index (χ0) is 12.7. The molecule has 0 radical (unpaired) electrons. The fraction of sp³-hybridized carbons (Fsp3) is 0.400. The van der Waals surface area contributed by atoms with Crippen LogP contribution in [0.2, 0.25) is 0 Å². The van der Waals surface area contributed by atoms with Crippen molar-refractivity contribution in [3.63, 3.8) is 0 Å². The molecule has 1 heterocycles. The molecule has 0 atom stereocenters.